The van der Waals surface area contributed by atoms with Gasteiger partial charge in [0.25, 0.3) is 0 Å². The van der Waals surface area contributed by atoms with Gasteiger partial charge in [0.05, 0.1) is 0 Å². The van der Waals surface area contributed by atoms with E-state index in [1.807, 2.05) is 0 Å². The van der Waals surface area contributed by atoms with E-state index in [9.17, 15) is 0 Å². The molecule has 0 aliphatic heterocycles. The Morgan fingerprint density at radius 2 is 1.16 bits per heavy atom. The zero-order valence-electron chi connectivity index (χ0n) is 11.5. The van der Waals surface area contributed by atoms with E-state index in [2.05, 4.69) is 74.5 Å². The molecule has 0 amide bonds. The van der Waals surface area contributed by atoms with Crippen LogP contribution in [0.25, 0.3) is 0 Å². The van der Waals surface area contributed by atoms with E-state index in [-0.39, 0.29) is 0 Å². The Hall–Kier alpha value is -0.521. The summed E-state index contributed by atoms with van der Waals surface area (Å²) in [4.78, 5) is 0. The number of hydrogen-bond donors (Lipinski definition) is 0. The molecule has 2 aromatic rings. The molecule has 0 saturated carbocycles. The van der Waals surface area contributed by atoms with Crippen LogP contribution in [0, 0.1) is 5.92 Å². The van der Waals surface area contributed by atoms with Gasteiger partial charge in [-0.1, -0.05) is 0 Å². The van der Waals surface area contributed by atoms with Crippen LogP contribution in [0.1, 0.15) is 20.3 Å². The Bertz CT molecular complexity index is 424. The first kappa shape index (κ1) is 14.9. The molecule has 0 aromatic heterocycles. The van der Waals surface area contributed by atoms with E-state index in [0.717, 1.165) is 9.63 Å². The zero-order valence-corrected chi connectivity index (χ0v) is 14.9. The summed E-state index contributed by atoms with van der Waals surface area (Å²) in [7, 11) is 0. The molecule has 100 valence electrons. The van der Waals surface area contributed by atoms with Crippen molar-refractivity contribution >= 4 is 38.8 Å². The molecule has 0 fully saturated rings. The molecule has 0 saturated heterocycles. The Morgan fingerprint density at radius 1 is 0.737 bits per heavy atom. The van der Waals surface area contributed by atoms with Crippen molar-refractivity contribution in [3.05, 3.63) is 60.7 Å². The van der Waals surface area contributed by atoms with Gasteiger partial charge >= 0.3 is 129 Å². The van der Waals surface area contributed by atoms with Gasteiger partial charge in [0.2, 0.25) is 0 Å². The Labute approximate surface area is 129 Å². The van der Waals surface area contributed by atoms with Crippen molar-refractivity contribution in [3.63, 3.8) is 0 Å². The molecule has 0 atom stereocenters. The van der Waals surface area contributed by atoms with Crippen LogP contribution in [-0.2, 0) is 0 Å². The van der Waals surface area contributed by atoms with E-state index in [0.29, 0.717) is 29.9 Å². The molecule has 0 bridgehead atoms. The Morgan fingerprint density at radius 3 is 1.53 bits per heavy atom. The average molecular weight is 382 g/mol. The maximum atomic E-state index is 2.34. The summed E-state index contributed by atoms with van der Waals surface area (Å²) in [5.41, 5.74) is 0. The Balaban J connectivity index is 2.03. The fourth-order valence-corrected chi connectivity index (χ4v) is 9.47. The van der Waals surface area contributed by atoms with Gasteiger partial charge in [0, 0.05) is 0 Å². The zero-order chi connectivity index (χ0) is 13.5. The predicted octanol–water partition coefficient (Wildman–Crippen LogP) is 2.84. The van der Waals surface area contributed by atoms with Crippen LogP contribution in [0.4, 0.5) is 0 Å². The van der Waals surface area contributed by atoms with Crippen molar-refractivity contribution in [3.8, 4) is 0 Å². The summed E-state index contributed by atoms with van der Waals surface area (Å²) in [6.45, 7) is 4.68. The maximum absolute atomic E-state index is 2.34. The van der Waals surface area contributed by atoms with Crippen molar-refractivity contribution in [2.75, 3.05) is 0 Å². The minimum absolute atomic E-state index is 0.599. The molecule has 2 heteroatoms. The first-order valence-corrected chi connectivity index (χ1v) is 10.4. The van der Waals surface area contributed by atoms with Gasteiger partial charge in [-0.25, -0.2) is 0 Å². The molecule has 0 radical (unpaired) electrons. The topological polar surface area (TPSA) is 0 Å². The fraction of sp³-hybridized carbons (Fsp3) is 0.294. The molecule has 2 aromatic carbocycles. The summed E-state index contributed by atoms with van der Waals surface area (Å²) < 4.78 is 3.95. The molecule has 0 aliphatic rings. The van der Waals surface area contributed by atoms with Crippen LogP contribution in [-0.4, -0.2) is 29.9 Å². The number of rotatable bonds is 6. The van der Waals surface area contributed by atoms with Gasteiger partial charge in [-0.05, 0) is 0 Å². The second-order valence-corrected chi connectivity index (χ2v) is 11.8. The van der Waals surface area contributed by atoms with E-state index >= 15 is 0 Å². The van der Waals surface area contributed by atoms with Crippen LogP contribution in [0.3, 0.4) is 0 Å². The summed E-state index contributed by atoms with van der Waals surface area (Å²) >= 11 is 1.20. The molecule has 0 heterocycles. The molecule has 0 spiro atoms. The first-order chi connectivity index (χ1) is 9.24. The van der Waals surface area contributed by atoms with Crippen LogP contribution in [0.5, 0.6) is 0 Å². The third-order valence-electron chi connectivity index (χ3n) is 2.69. The molecular formula is C17H20Se2. The van der Waals surface area contributed by atoms with Gasteiger partial charge in [-0.15, -0.1) is 0 Å². The van der Waals surface area contributed by atoms with Crippen LogP contribution >= 0.6 is 0 Å². The molecule has 2 rings (SSSR count). The minimum atomic E-state index is 0.599. The van der Waals surface area contributed by atoms with Gasteiger partial charge in [0.15, 0.2) is 0 Å². The van der Waals surface area contributed by atoms with Crippen molar-refractivity contribution in [2.24, 2.45) is 5.92 Å². The quantitative estimate of drug-likeness (QED) is 0.675. The summed E-state index contributed by atoms with van der Waals surface area (Å²) in [6.07, 6.45) is 1.35. The second kappa shape index (κ2) is 7.92. The molecule has 0 nitrogen and oxygen atoms in total. The second-order valence-electron chi connectivity index (χ2n) is 4.92. The molecule has 0 N–H and O–H groups in total. The van der Waals surface area contributed by atoms with Crippen LogP contribution in [0.2, 0.25) is 3.71 Å². The monoisotopic (exact) mass is 384 g/mol. The first-order valence-electron chi connectivity index (χ1n) is 6.67. The van der Waals surface area contributed by atoms with Gasteiger partial charge < -0.3 is 0 Å². The van der Waals surface area contributed by atoms with E-state index in [1.165, 1.54) is 6.42 Å². The third-order valence-corrected chi connectivity index (χ3v) is 8.98. The summed E-state index contributed by atoms with van der Waals surface area (Å²) in [5.74, 6) is 0.793. The molecule has 0 unspecified atom stereocenters. The van der Waals surface area contributed by atoms with E-state index < -0.39 is 0 Å². The molecular weight excluding hydrogens is 362 g/mol. The summed E-state index contributed by atoms with van der Waals surface area (Å²) in [5, 5.41) is 0. The van der Waals surface area contributed by atoms with Gasteiger partial charge in [-0.2, -0.15) is 0 Å². The van der Waals surface area contributed by atoms with E-state index in [4.69, 9.17) is 0 Å². The average Bonchev–Trinajstić information content (AvgIpc) is 2.40. The fourth-order valence-electron chi connectivity index (χ4n) is 1.81. The SMILES string of the molecule is CC(C)CC([Se]c1ccccc1)[Se]c1ccccc1. The summed E-state index contributed by atoms with van der Waals surface area (Å²) in [6, 6.07) is 22.0. The van der Waals surface area contributed by atoms with Crippen molar-refractivity contribution in [1.29, 1.82) is 0 Å². The number of hydrogen-bond acceptors (Lipinski definition) is 0. The third kappa shape index (κ3) is 5.55. The normalized spacial score (nSPS) is 11.2. The standard InChI is InChI=1S/C17H20Se2/c1-14(2)13-17(18-15-9-5-3-6-10-15)19-16-11-7-4-8-12-16/h3-12,14,17H,13H2,1-2H3. The van der Waals surface area contributed by atoms with Crippen LogP contribution < -0.4 is 8.92 Å². The predicted molar refractivity (Wildman–Crippen MR) is 86.9 cm³/mol. The van der Waals surface area contributed by atoms with Gasteiger partial charge in [-0.3, -0.25) is 0 Å². The van der Waals surface area contributed by atoms with Crippen LogP contribution in [0.15, 0.2) is 60.7 Å². The molecule has 0 aliphatic carbocycles. The number of benzene rings is 2. The Kier molecular flexibility index (Phi) is 6.20. The van der Waals surface area contributed by atoms with Crippen molar-refractivity contribution in [1.82, 2.24) is 0 Å². The van der Waals surface area contributed by atoms with E-state index in [1.54, 1.807) is 8.92 Å². The van der Waals surface area contributed by atoms with Crippen molar-refractivity contribution in [2.45, 2.75) is 24.0 Å². The van der Waals surface area contributed by atoms with Gasteiger partial charge in [0.1, 0.15) is 0 Å². The van der Waals surface area contributed by atoms with Crippen molar-refractivity contribution < 1.29 is 0 Å². The molecule has 19 heavy (non-hydrogen) atoms.